The first-order valence-electron chi connectivity index (χ1n) is 5.67. The first kappa shape index (κ1) is 11.9. The van der Waals surface area contributed by atoms with Crippen LogP contribution in [0.1, 0.15) is 24.6 Å². The van der Waals surface area contributed by atoms with Gasteiger partial charge < -0.3 is 4.90 Å². The maximum atomic E-state index is 12.0. The van der Waals surface area contributed by atoms with E-state index >= 15 is 0 Å². The number of amides is 1. The number of likely N-dealkylation sites (tertiary alicyclic amines) is 1. The first-order valence-corrected chi connectivity index (χ1v) is 6.86. The molecule has 2 heterocycles. The van der Waals surface area contributed by atoms with Gasteiger partial charge in [-0.25, -0.2) is 0 Å². The Morgan fingerprint density at radius 1 is 1.50 bits per heavy atom. The summed E-state index contributed by atoms with van der Waals surface area (Å²) in [4.78, 5) is 15.0. The van der Waals surface area contributed by atoms with E-state index in [2.05, 4.69) is 6.92 Å². The molecule has 1 aliphatic rings. The predicted molar refractivity (Wildman–Crippen MR) is 68.0 cm³/mol. The molecule has 0 saturated carbocycles. The van der Waals surface area contributed by atoms with E-state index in [1.54, 1.807) is 0 Å². The Balaban J connectivity index is 1.88. The van der Waals surface area contributed by atoms with Crippen molar-refractivity contribution in [1.29, 1.82) is 0 Å². The van der Waals surface area contributed by atoms with Crippen molar-refractivity contribution in [2.75, 3.05) is 13.1 Å². The Morgan fingerprint density at radius 2 is 2.19 bits per heavy atom. The van der Waals surface area contributed by atoms with Gasteiger partial charge in [0.25, 0.3) is 0 Å². The molecule has 0 aliphatic carbocycles. The highest BCUT2D eigenvalue weighted by Gasteiger charge is 2.20. The Morgan fingerprint density at radius 3 is 2.75 bits per heavy atom. The van der Waals surface area contributed by atoms with Crippen LogP contribution in [0.15, 0.2) is 12.1 Å². The van der Waals surface area contributed by atoms with Crippen molar-refractivity contribution in [2.45, 2.75) is 26.2 Å². The Labute approximate surface area is 105 Å². The molecule has 1 aliphatic heterocycles. The van der Waals surface area contributed by atoms with Gasteiger partial charge in [-0.3, -0.25) is 4.79 Å². The molecule has 0 bridgehead atoms. The number of carbonyl (C=O) groups excluding carboxylic acids is 1. The SMILES string of the molecule is CC1CCN(C(=O)Cc2ccc(Cl)s2)CC1. The number of thiophene rings is 1. The average molecular weight is 258 g/mol. The summed E-state index contributed by atoms with van der Waals surface area (Å²) in [5.41, 5.74) is 0. The molecule has 0 spiro atoms. The summed E-state index contributed by atoms with van der Waals surface area (Å²) in [6.45, 7) is 4.08. The smallest absolute Gasteiger partial charge is 0.227 e. The maximum Gasteiger partial charge on any atom is 0.227 e. The largest absolute Gasteiger partial charge is 0.342 e. The fourth-order valence-corrected chi connectivity index (χ4v) is 3.04. The second kappa shape index (κ2) is 5.19. The van der Waals surface area contributed by atoms with Crippen molar-refractivity contribution in [3.05, 3.63) is 21.3 Å². The number of piperidine rings is 1. The van der Waals surface area contributed by atoms with Crippen molar-refractivity contribution in [3.8, 4) is 0 Å². The summed E-state index contributed by atoms with van der Waals surface area (Å²) in [6, 6.07) is 3.80. The highest BCUT2D eigenvalue weighted by molar-refractivity contribution is 7.16. The molecule has 88 valence electrons. The molecule has 0 radical (unpaired) electrons. The Hall–Kier alpha value is -0.540. The molecule has 1 aromatic heterocycles. The van der Waals surface area contributed by atoms with Gasteiger partial charge in [0.05, 0.1) is 10.8 Å². The number of rotatable bonds is 2. The lowest BCUT2D eigenvalue weighted by Gasteiger charge is -2.30. The molecule has 0 atom stereocenters. The van der Waals surface area contributed by atoms with E-state index in [9.17, 15) is 4.79 Å². The standard InChI is InChI=1S/C12H16ClNOS/c1-9-4-6-14(7-5-9)12(15)8-10-2-3-11(13)16-10/h2-3,9H,4-8H2,1H3. The van der Waals surface area contributed by atoms with Gasteiger partial charge >= 0.3 is 0 Å². The van der Waals surface area contributed by atoms with Crippen LogP contribution in [0.2, 0.25) is 4.34 Å². The van der Waals surface area contributed by atoms with Crippen LogP contribution in [0.4, 0.5) is 0 Å². The summed E-state index contributed by atoms with van der Waals surface area (Å²) in [6.07, 6.45) is 2.78. The fraction of sp³-hybridized carbons (Fsp3) is 0.583. The lowest BCUT2D eigenvalue weighted by atomic mass is 9.99. The molecule has 4 heteroatoms. The summed E-state index contributed by atoms with van der Waals surface area (Å²) in [5, 5.41) is 0. The molecule has 0 aromatic carbocycles. The third-order valence-electron chi connectivity index (χ3n) is 3.09. The fourth-order valence-electron chi connectivity index (χ4n) is 1.97. The normalized spacial score (nSPS) is 17.8. The predicted octanol–water partition coefficient (Wildman–Crippen LogP) is 3.20. The monoisotopic (exact) mass is 257 g/mol. The summed E-state index contributed by atoms with van der Waals surface area (Å²) < 4.78 is 0.759. The molecule has 2 nitrogen and oxygen atoms in total. The zero-order valence-corrected chi connectivity index (χ0v) is 11.0. The summed E-state index contributed by atoms with van der Waals surface area (Å²) >= 11 is 7.34. The van der Waals surface area contributed by atoms with Crippen molar-refractivity contribution in [2.24, 2.45) is 5.92 Å². The van der Waals surface area contributed by atoms with Gasteiger partial charge in [0.15, 0.2) is 0 Å². The highest BCUT2D eigenvalue weighted by atomic mass is 35.5. The van der Waals surface area contributed by atoms with Crippen LogP contribution >= 0.6 is 22.9 Å². The second-order valence-corrected chi connectivity index (χ2v) is 6.25. The van der Waals surface area contributed by atoms with E-state index in [4.69, 9.17) is 11.6 Å². The lowest BCUT2D eigenvalue weighted by Crippen LogP contribution is -2.38. The lowest BCUT2D eigenvalue weighted by molar-refractivity contribution is -0.131. The van der Waals surface area contributed by atoms with E-state index in [-0.39, 0.29) is 5.91 Å². The zero-order valence-electron chi connectivity index (χ0n) is 9.41. The molecule has 2 rings (SSSR count). The van der Waals surface area contributed by atoms with Crippen LogP contribution < -0.4 is 0 Å². The molecular formula is C12H16ClNOS. The van der Waals surface area contributed by atoms with Crippen LogP contribution in [-0.2, 0) is 11.2 Å². The van der Waals surface area contributed by atoms with Crippen LogP contribution in [0, 0.1) is 5.92 Å². The van der Waals surface area contributed by atoms with Gasteiger partial charge in [-0.15, -0.1) is 11.3 Å². The van der Waals surface area contributed by atoms with Crippen molar-refractivity contribution in [3.63, 3.8) is 0 Å². The molecule has 1 fully saturated rings. The van der Waals surface area contributed by atoms with Gasteiger partial charge in [0.1, 0.15) is 0 Å². The molecule has 1 amide bonds. The van der Waals surface area contributed by atoms with Crippen LogP contribution in [0.3, 0.4) is 0 Å². The average Bonchev–Trinajstić information content (AvgIpc) is 2.65. The molecule has 1 saturated heterocycles. The van der Waals surface area contributed by atoms with Crippen LogP contribution in [-0.4, -0.2) is 23.9 Å². The van der Waals surface area contributed by atoms with Crippen molar-refractivity contribution in [1.82, 2.24) is 4.90 Å². The quantitative estimate of drug-likeness (QED) is 0.797. The first-order chi connectivity index (χ1) is 7.65. The molecule has 0 N–H and O–H groups in total. The topological polar surface area (TPSA) is 20.3 Å². The summed E-state index contributed by atoms with van der Waals surface area (Å²) in [5.74, 6) is 1.01. The van der Waals surface area contributed by atoms with Gasteiger partial charge in [-0.2, -0.15) is 0 Å². The van der Waals surface area contributed by atoms with Crippen molar-refractivity contribution >= 4 is 28.8 Å². The minimum atomic E-state index is 0.241. The highest BCUT2D eigenvalue weighted by Crippen LogP contribution is 2.23. The van der Waals surface area contributed by atoms with Gasteiger partial charge in [0.2, 0.25) is 5.91 Å². The third kappa shape index (κ3) is 2.98. The van der Waals surface area contributed by atoms with Gasteiger partial charge in [-0.1, -0.05) is 18.5 Å². The molecule has 16 heavy (non-hydrogen) atoms. The number of hydrogen-bond donors (Lipinski definition) is 0. The molecule has 1 aromatic rings. The van der Waals surface area contributed by atoms with Crippen molar-refractivity contribution < 1.29 is 4.79 Å². The number of hydrogen-bond acceptors (Lipinski definition) is 2. The van der Waals surface area contributed by atoms with E-state index < -0.39 is 0 Å². The minimum absolute atomic E-state index is 0.241. The number of nitrogens with zero attached hydrogens (tertiary/aromatic N) is 1. The minimum Gasteiger partial charge on any atom is -0.342 e. The second-order valence-electron chi connectivity index (χ2n) is 4.45. The maximum absolute atomic E-state index is 12.0. The number of carbonyl (C=O) groups is 1. The molecular weight excluding hydrogens is 242 g/mol. The van der Waals surface area contributed by atoms with Crippen LogP contribution in [0.25, 0.3) is 0 Å². The van der Waals surface area contributed by atoms with Gasteiger partial charge in [0, 0.05) is 18.0 Å². The zero-order chi connectivity index (χ0) is 11.5. The Kier molecular flexibility index (Phi) is 3.87. The van der Waals surface area contributed by atoms with E-state index in [1.807, 2.05) is 17.0 Å². The summed E-state index contributed by atoms with van der Waals surface area (Å²) in [7, 11) is 0. The Bertz CT molecular complexity index is 369. The molecule has 0 unspecified atom stereocenters. The van der Waals surface area contributed by atoms with Gasteiger partial charge in [-0.05, 0) is 30.9 Å². The van der Waals surface area contributed by atoms with Crippen LogP contribution in [0.5, 0.6) is 0 Å². The van der Waals surface area contributed by atoms with E-state index in [1.165, 1.54) is 11.3 Å². The third-order valence-corrected chi connectivity index (χ3v) is 4.32. The number of halogens is 1. The van der Waals surface area contributed by atoms with E-state index in [0.717, 1.165) is 41.1 Å². The van der Waals surface area contributed by atoms with E-state index in [0.29, 0.717) is 6.42 Å².